The number of hydrogen-bond acceptors (Lipinski definition) is 5. The first-order valence-corrected chi connectivity index (χ1v) is 10.6. The van der Waals surface area contributed by atoms with Gasteiger partial charge < -0.3 is 20.7 Å². The molecule has 158 valence electrons. The molecule has 0 fully saturated rings. The summed E-state index contributed by atoms with van der Waals surface area (Å²) in [5.74, 6) is 1.48. The van der Waals surface area contributed by atoms with Crippen molar-refractivity contribution >= 4 is 16.9 Å². The minimum absolute atomic E-state index is 0.153. The maximum atomic E-state index is 10.4. The van der Waals surface area contributed by atoms with Gasteiger partial charge in [0.05, 0.1) is 17.7 Å². The molecule has 0 aliphatic rings. The third-order valence-electron chi connectivity index (χ3n) is 4.71. The monoisotopic (exact) mass is 389 g/mol. The van der Waals surface area contributed by atoms with E-state index in [1.165, 1.54) is 0 Å². The number of aliphatic hydroxyl groups is 1. The van der Waals surface area contributed by atoms with E-state index in [4.69, 9.17) is 10.7 Å². The van der Waals surface area contributed by atoms with E-state index in [9.17, 15) is 5.11 Å². The summed E-state index contributed by atoms with van der Waals surface area (Å²) in [6.07, 6.45) is 6.10. The fraction of sp³-hybridized carbons (Fsp3) is 0.727. The SMILES string of the molecule is CCCCc1nc2c(N)nc(CCCCNC(C)(C)C)cc2n1CC(C)(C)O. The number of aromatic nitrogens is 3. The number of aryl methyl sites for hydroxylation is 2. The quantitative estimate of drug-likeness (QED) is 0.537. The van der Waals surface area contributed by atoms with Crippen molar-refractivity contribution in [3.63, 3.8) is 0 Å². The van der Waals surface area contributed by atoms with Crippen molar-refractivity contribution in [2.75, 3.05) is 12.3 Å². The highest BCUT2D eigenvalue weighted by molar-refractivity contribution is 5.85. The number of nitrogen functional groups attached to an aromatic ring is 1. The van der Waals surface area contributed by atoms with Gasteiger partial charge in [-0.05, 0) is 72.9 Å². The van der Waals surface area contributed by atoms with Crippen LogP contribution in [-0.4, -0.2) is 37.3 Å². The molecule has 4 N–H and O–H groups in total. The minimum Gasteiger partial charge on any atom is -0.389 e. The number of hydrogen-bond donors (Lipinski definition) is 3. The Morgan fingerprint density at radius 2 is 1.79 bits per heavy atom. The lowest BCUT2D eigenvalue weighted by Gasteiger charge is -2.20. The van der Waals surface area contributed by atoms with Gasteiger partial charge in [0.2, 0.25) is 0 Å². The Morgan fingerprint density at radius 1 is 1.07 bits per heavy atom. The fourth-order valence-electron chi connectivity index (χ4n) is 3.36. The molecule has 0 aliphatic heterocycles. The number of anilines is 1. The van der Waals surface area contributed by atoms with E-state index < -0.39 is 5.60 Å². The first kappa shape index (κ1) is 22.6. The molecule has 6 nitrogen and oxygen atoms in total. The maximum absolute atomic E-state index is 10.4. The van der Waals surface area contributed by atoms with Crippen LogP contribution in [0.1, 0.15) is 78.7 Å². The summed E-state index contributed by atoms with van der Waals surface area (Å²) in [7, 11) is 0. The van der Waals surface area contributed by atoms with E-state index in [0.717, 1.165) is 67.6 Å². The van der Waals surface area contributed by atoms with Gasteiger partial charge in [0.1, 0.15) is 11.3 Å². The minimum atomic E-state index is -0.814. The molecule has 2 aromatic heterocycles. The van der Waals surface area contributed by atoms with E-state index in [2.05, 4.69) is 48.6 Å². The Hall–Kier alpha value is -1.66. The molecule has 28 heavy (non-hydrogen) atoms. The molecular weight excluding hydrogens is 350 g/mol. The number of fused-ring (bicyclic) bond motifs is 1. The average molecular weight is 390 g/mol. The zero-order chi connectivity index (χ0) is 20.9. The van der Waals surface area contributed by atoms with E-state index in [1.807, 2.05) is 13.8 Å². The van der Waals surface area contributed by atoms with Crippen molar-refractivity contribution in [3.05, 3.63) is 17.6 Å². The van der Waals surface area contributed by atoms with Crippen LogP contribution >= 0.6 is 0 Å². The molecule has 0 aliphatic carbocycles. The average Bonchev–Trinajstić information content (AvgIpc) is 2.88. The second-order valence-corrected chi connectivity index (χ2v) is 9.53. The van der Waals surface area contributed by atoms with Gasteiger partial charge >= 0.3 is 0 Å². The van der Waals surface area contributed by atoms with Gasteiger partial charge in [0, 0.05) is 17.7 Å². The number of rotatable bonds is 10. The number of nitrogens with one attached hydrogen (secondary N) is 1. The van der Waals surface area contributed by atoms with Gasteiger partial charge in [0.25, 0.3) is 0 Å². The topological polar surface area (TPSA) is 89.0 Å². The molecule has 0 aromatic carbocycles. The zero-order valence-electron chi connectivity index (χ0n) is 18.6. The second-order valence-electron chi connectivity index (χ2n) is 9.53. The molecule has 0 amide bonds. The third-order valence-corrected chi connectivity index (χ3v) is 4.71. The number of imidazole rings is 1. The Kier molecular flexibility index (Phi) is 7.46. The Balaban J connectivity index is 2.21. The van der Waals surface area contributed by atoms with Crippen LogP contribution in [0.4, 0.5) is 5.82 Å². The smallest absolute Gasteiger partial charge is 0.151 e. The molecule has 0 spiro atoms. The summed E-state index contributed by atoms with van der Waals surface area (Å²) in [5, 5.41) is 13.9. The van der Waals surface area contributed by atoms with Gasteiger partial charge in [-0.2, -0.15) is 0 Å². The number of nitrogens with two attached hydrogens (primary N) is 1. The van der Waals surface area contributed by atoms with Crippen LogP contribution in [-0.2, 0) is 19.4 Å². The lowest BCUT2D eigenvalue weighted by molar-refractivity contribution is 0.0618. The second kappa shape index (κ2) is 9.23. The first-order chi connectivity index (χ1) is 13.0. The summed E-state index contributed by atoms with van der Waals surface area (Å²) in [6.45, 7) is 13.9. The number of pyridine rings is 1. The van der Waals surface area contributed by atoms with Crippen molar-refractivity contribution < 1.29 is 5.11 Å². The fourth-order valence-corrected chi connectivity index (χ4v) is 3.36. The molecule has 2 aromatic rings. The molecule has 6 heteroatoms. The maximum Gasteiger partial charge on any atom is 0.151 e. The molecule has 2 heterocycles. The number of nitrogens with zero attached hydrogens (tertiary/aromatic N) is 3. The summed E-state index contributed by atoms with van der Waals surface area (Å²) < 4.78 is 2.13. The van der Waals surface area contributed by atoms with Crippen LogP contribution in [0.2, 0.25) is 0 Å². The van der Waals surface area contributed by atoms with Crippen molar-refractivity contribution in [2.45, 2.75) is 97.8 Å². The summed E-state index contributed by atoms with van der Waals surface area (Å²) in [5.41, 5.74) is 8.34. The molecule has 0 saturated carbocycles. The van der Waals surface area contributed by atoms with Gasteiger partial charge in [0.15, 0.2) is 5.82 Å². The van der Waals surface area contributed by atoms with E-state index in [1.54, 1.807) is 0 Å². The molecule has 0 bridgehead atoms. The molecule has 0 unspecified atom stereocenters. The van der Waals surface area contributed by atoms with Gasteiger partial charge in [-0.1, -0.05) is 13.3 Å². The Bertz CT molecular complexity index is 768. The van der Waals surface area contributed by atoms with E-state index in [-0.39, 0.29) is 5.54 Å². The molecular formula is C22H39N5O. The van der Waals surface area contributed by atoms with E-state index >= 15 is 0 Å². The Morgan fingerprint density at radius 3 is 2.39 bits per heavy atom. The lowest BCUT2D eigenvalue weighted by atomic mass is 10.1. The van der Waals surface area contributed by atoms with Crippen LogP contribution in [0, 0.1) is 0 Å². The highest BCUT2D eigenvalue weighted by atomic mass is 16.3. The Labute approximate surface area is 169 Å². The predicted octanol–water partition coefficient (Wildman–Crippen LogP) is 3.84. The highest BCUT2D eigenvalue weighted by Crippen LogP contribution is 2.25. The van der Waals surface area contributed by atoms with Crippen LogP contribution < -0.4 is 11.1 Å². The largest absolute Gasteiger partial charge is 0.389 e. The van der Waals surface area contributed by atoms with Crippen LogP contribution in [0.5, 0.6) is 0 Å². The number of unbranched alkanes of at least 4 members (excludes halogenated alkanes) is 2. The van der Waals surface area contributed by atoms with Crippen molar-refractivity contribution in [2.24, 2.45) is 0 Å². The summed E-state index contributed by atoms with van der Waals surface area (Å²) in [6, 6.07) is 2.11. The van der Waals surface area contributed by atoms with Crippen LogP contribution in [0.25, 0.3) is 11.0 Å². The van der Waals surface area contributed by atoms with Crippen LogP contribution in [0.3, 0.4) is 0 Å². The van der Waals surface area contributed by atoms with Gasteiger partial charge in [-0.25, -0.2) is 9.97 Å². The summed E-state index contributed by atoms with van der Waals surface area (Å²) >= 11 is 0. The van der Waals surface area contributed by atoms with Crippen molar-refractivity contribution in [3.8, 4) is 0 Å². The van der Waals surface area contributed by atoms with E-state index in [0.29, 0.717) is 12.4 Å². The third kappa shape index (κ3) is 6.74. The standard InChI is InChI=1S/C22H39N5O/c1-7-8-12-18-26-19-17(27(18)15-22(5,6)28)14-16(25-20(19)23)11-9-10-13-24-21(2,3)4/h14,24,28H,7-13,15H2,1-6H3,(H2,23,25). The van der Waals surface area contributed by atoms with Gasteiger partial charge in [-0.15, -0.1) is 0 Å². The summed E-state index contributed by atoms with van der Waals surface area (Å²) in [4.78, 5) is 9.36. The normalized spacial score (nSPS) is 12.8. The van der Waals surface area contributed by atoms with Crippen LogP contribution in [0.15, 0.2) is 6.07 Å². The van der Waals surface area contributed by atoms with Crippen molar-refractivity contribution in [1.82, 2.24) is 19.9 Å². The zero-order valence-corrected chi connectivity index (χ0v) is 18.6. The molecule has 0 atom stereocenters. The molecule has 0 radical (unpaired) electrons. The molecule has 2 rings (SSSR count). The lowest BCUT2D eigenvalue weighted by Crippen LogP contribution is -2.36. The first-order valence-electron chi connectivity index (χ1n) is 10.6. The highest BCUT2D eigenvalue weighted by Gasteiger charge is 2.21. The van der Waals surface area contributed by atoms with Crippen molar-refractivity contribution in [1.29, 1.82) is 0 Å². The predicted molar refractivity (Wildman–Crippen MR) is 118 cm³/mol. The molecule has 0 saturated heterocycles. The van der Waals surface area contributed by atoms with Gasteiger partial charge in [-0.3, -0.25) is 0 Å².